The van der Waals surface area contributed by atoms with Gasteiger partial charge in [0.15, 0.2) is 0 Å². The van der Waals surface area contributed by atoms with E-state index in [1.165, 1.54) is 30.9 Å². The molecular formula is C27H22F4N2O4. The van der Waals surface area contributed by atoms with Crippen LogP contribution in [0.15, 0.2) is 66.7 Å². The fourth-order valence-electron chi connectivity index (χ4n) is 4.24. The number of hydrogen-bond acceptors (Lipinski definition) is 3. The summed E-state index contributed by atoms with van der Waals surface area (Å²) >= 11 is 0. The van der Waals surface area contributed by atoms with E-state index >= 15 is 0 Å². The highest BCUT2D eigenvalue weighted by Gasteiger charge is 2.52. The van der Waals surface area contributed by atoms with Crippen LogP contribution >= 0.6 is 0 Å². The van der Waals surface area contributed by atoms with Crippen molar-refractivity contribution in [1.82, 2.24) is 4.90 Å². The summed E-state index contributed by atoms with van der Waals surface area (Å²) in [4.78, 5) is 39.6. The van der Waals surface area contributed by atoms with Crippen LogP contribution in [0.4, 0.5) is 28.0 Å². The molecule has 0 atom stereocenters. The highest BCUT2D eigenvalue weighted by Crippen LogP contribution is 2.38. The van der Waals surface area contributed by atoms with Crippen LogP contribution in [0.1, 0.15) is 46.5 Å². The minimum atomic E-state index is -5.00. The molecule has 0 unspecified atom stereocenters. The summed E-state index contributed by atoms with van der Waals surface area (Å²) in [6, 6.07) is 14.7. The Morgan fingerprint density at radius 2 is 1.57 bits per heavy atom. The molecule has 0 radical (unpaired) electrons. The van der Waals surface area contributed by atoms with E-state index in [2.05, 4.69) is 0 Å². The Labute approximate surface area is 209 Å². The number of halogens is 4. The molecule has 3 aromatic carbocycles. The van der Waals surface area contributed by atoms with Gasteiger partial charge in [-0.05, 0) is 67.3 Å². The van der Waals surface area contributed by atoms with Crippen LogP contribution in [0.25, 0.3) is 0 Å². The molecule has 1 heterocycles. The molecule has 4 rings (SSSR count). The first kappa shape index (κ1) is 25.9. The van der Waals surface area contributed by atoms with Crippen LogP contribution in [0.5, 0.6) is 0 Å². The van der Waals surface area contributed by atoms with Gasteiger partial charge in [0.05, 0.1) is 16.8 Å². The third-order valence-corrected chi connectivity index (χ3v) is 6.38. The monoisotopic (exact) mass is 514 g/mol. The molecule has 3 aromatic rings. The molecule has 192 valence electrons. The van der Waals surface area contributed by atoms with E-state index in [1.54, 1.807) is 30.3 Å². The van der Waals surface area contributed by atoms with Crippen molar-refractivity contribution in [2.45, 2.75) is 38.5 Å². The van der Waals surface area contributed by atoms with Crippen LogP contribution in [0.3, 0.4) is 0 Å². The Morgan fingerprint density at radius 1 is 0.946 bits per heavy atom. The lowest BCUT2D eigenvalue weighted by Crippen LogP contribution is -2.43. The Kier molecular flexibility index (Phi) is 6.53. The Hall–Kier alpha value is -4.21. The lowest BCUT2D eigenvalue weighted by Gasteiger charge is -2.28. The molecule has 10 heteroatoms. The standard InChI is InChI=1S/C27H22F4N2O4/c1-26(2)24(36)33(20-11-12-22(28)21(14-20)27(29,30)31)25(37)32(26)15-19-6-4-3-5-18(19)13-16-7-9-17(10-8-16)23(34)35/h3-12,14H,13,15H2,1-2H3,(H,34,35). The van der Waals surface area contributed by atoms with Crippen LogP contribution in [-0.2, 0) is 23.9 Å². The maximum atomic E-state index is 13.8. The SMILES string of the molecule is CC1(C)C(=O)N(c2ccc(F)c(C(F)(F)F)c2)C(=O)N1Cc1ccccc1Cc1ccc(C(=O)O)cc1. The number of nitrogens with zero attached hydrogens (tertiary/aromatic N) is 2. The average Bonchev–Trinajstić information content (AvgIpc) is 2.99. The largest absolute Gasteiger partial charge is 0.478 e. The van der Waals surface area contributed by atoms with Gasteiger partial charge in [-0.2, -0.15) is 13.2 Å². The van der Waals surface area contributed by atoms with Crippen LogP contribution in [0.2, 0.25) is 0 Å². The van der Waals surface area contributed by atoms with Gasteiger partial charge < -0.3 is 10.0 Å². The van der Waals surface area contributed by atoms with Gasteiger partial charge in [0, 0.05) is 6.54 Å². The summed E-state index contributed by atoms with van der Waals surface area (Å²) < 4.78 is 53.5. The first-order chi connectivity index (χ1) is 17.3. The second-order valence-electron chi connectivity index (χ2n) is 9.18. The number of imide groups is 1. The maximum absolute atomic E-state index is 13.8. The zero-order chi connectivity index (χ0) is 27.1. The van der Waals surface area contributed by atoms with E-state index in [0.717, 1.165) is 17.2 Å². The average molecular weight is 514 g/mol. The summed E-state index contributed by atoms with van der Waals surface area (Å²) in [6.45, 7) is 2.98. The summed E-state index contributed by atoms with van der Waals surface area (Å²) in [5.41, 5.74) is -0.827. The van der Waals surface area contributed by atoms with Crippen molar-refractivity contribution in [3.05, 3.63) is 100 Å². The molecule has 0 aromatic heterocycles. The molecular weight excluding hydrogens is 492 g/mol. The van der Waals surface area contributed by atoms with Gasteiger partial charge >= 0.3 is 18.2 Å². The number of carbonyl (C=O) groups excluding carboxylic acids is 2. The minimum absolute atomic E-state index is 0.00915. The van der Waals surface area contributed by atoms with Gasteiger partial charge in [-0.3, -0.25) is 4.79 Å². The Bertz CT molecular complexity index is 1380. The molecule has 1 fully saturated rings. The third-order valence-electron chi connectivity index (χ3n) is 6.38. The van der Waals surface area contributed by atoms with Gasteiger partial charge in [-0.15, -0.1) is 0 Å². The second-order valence-corrected chi connectivity index (χ2v) is 9.18. The number of anilines is 1. The summed E-state index contributed by atoms with van der Waals surface area (Å²) in [5.74, 6) is -3.28. The van der Waals surface area contributed by atoms with Gasteiger partial charge in [-0.25, -0.2) is 18.9 Å². The number of rotatable bonds is 6. The summed E-state index contributed by atoms with van der Waals surface area (Å²) in [7, 11) is 0. The predicted molar refractivity (Wildman–Crippen MR) is 127 cm³/mol. The van der Waals surface area contributed by atoms with E-state index in [4.69, 9.17) is 5.11 Å². The molecule has 1 aliphatic rings. The van der Waals surface area contributed by atoms with E-state index in [1.807, 2.05) is 6.07 Å². The molecule has 0 bridgehead atoms. The lowest BCUT2D eigenvalue weighted by molar-refractivity contribution is -0.140. The Balaban J connectivity index is 1.64. The predicted octanol–water partition coefficient (Wildman–Crippen LogP) is 5.88. The normalized spacial score (nSPS) is 15.4. The van der Waals surface area contributed by atoms with E-state index in [0.29, 0.717) is 29.0 Å². The molecule has 0 spiro atoms. The number of hydrogen-bond donors (Lipinski definition) is 1. The fraction of sp³-hybridized carbons (Fsp3) is 0.222. The van der Waals surface area contributed by atoms with Gasteiger partial charge in [0.2, 0.25) is 0 Å². The van der Waals surface area contributed by atoms with Crippen molar-refractivity contribution >= 4 is 23.6 Å². The van der Waals surface area contributed by atoms with Crippen molar-refractivity contribution in [3.8, 4) is 0 Å². The molecule has 1 aliphatic heterocycles. The number of carboxylic acids is 1. The highest BCUT2D eigenvalue weighted by atomic mass is 19.4. The van der Waals surface area contributed by atoms with Crippen LogP contribution < -0.4 is 4.90 Å². The number of benzene rings is 3. The van der Waals surface area contributed by atoms with Crippen molar-refractivity contribution < 1.29 is 37.1 Å². The van der Waals surface area contributed by atoms with Gasteiger partial charge in [0.25, 0.3) is 5.91 Å². The molecule has 0 aliphatic carbocycles. The number of carboxylic acid groups (broad SMARTS) is 1. The van der Waals surface area contributed by atoms with E-state index in [-0.39, 0.29) is 17.8 Å². The van der Waals surface area contributed by atoms with Crippen molar-refractivity contribution in [1.29, 1.82) is 0 Å². The number of alkyl halides is 3. The number of aromatic carboxylic acids is 1. The topological polar surface area (TPSA) is 77.9 Å². The molecule has 0 saturated carbocycles. The van der Waals surface area contributed by atoms with Gasteiger partial charge in [-0.1, -0.05) is 36.4 Å². The van der Waals surface area contributed by atoms with Crippen molar-refractivity contribution in [2.75, 3.05) is 4.90 Å². The zero-order valence-electron chi connectivity index (χ0n) is 19.8. The fourth-order valence-corrected chi connectivity index (χ4v) is 4.24. The molecule has 6 nitrogen and oxygen atoms in total. The van der Waals surface area contributed by atoms with E-state index in [9.17, 15) is 31.9 Å². The summed E-state index contributed by atoms with van der Waals surface area (Å²) in [5, 5.41) is 9.09. The third kappa shape index (κ3) is 4.91. The Morgan fingerprint density at radius 3 is 2.16 bits per heavy atom. The maximum Gasteiger partial charge on any atom is 0.419 e. The molecule has 3 amide bonds. The quantitative estimate of drug-likeness (QED) is 0.329. The number of urea groups is 1. The highest BCUT2D eigenvalue weighted by molar-refractivity contribution is 6.23. The smallest absolute Gasteiger partial charge is 0.419 e. The number of amides is 3. The summed E-state index contributed by atoms with van der Waals surface area (Å²) in [6.07, 6.45) is -4.58. The second kappa shape index (κ2) is 9.34. The van der Waals surface area contributed by atoms with Gasteiger partial charge in [0.1, 0.15) is 11.4 Å². The molecule has 1 saturated heterocycles. The van der Waals surface area contributed by atoms with Crippen LogP contribution in [0, 0.1) is 5.82 Å². The van der Waals surface area contributed by atoms with Crippen LogP contribution in [-0.4, -0.2) is 33.5 Å². The first-order valence-corrected chi connectivity index (χ1v) is 11.2. The lowest BCUT2D eigenvalue weighted by atomic mass is 9.97. The van der Waals surface area contributed by atoms with Crippen molar-refractivity contribution in [3.63, 3.8) is 0 Å². The number of carbonyl (C=O) groups is 3. The first-order valence-electron chi connectivity index (χ1n) is 11.2. The minimum Gasteiger partial charge on any atom is -0.478 e. The molecule has 37 heavy (non-hydrogen) atoms. The zero-order valence-corrected chi connectivity index (χ0v) is 19.8. The van der Waals surface area contributed by atoms with E-state index < -0.39 is 41.0 Å². The molecule has 1 N–H and O–H groups in total. The van der Waals surface area contributed by atoms with Crippen molar-refractivity contribution in [2.24, 2.45) is 0 Å².